The number of benzene rings is 1. The molecule has 0 aliphatic rings. The minimum Gasteiger partial charge on any atom is -0.497 e. The first-order valence-corrected chi connectivity index (χ1v) is 5.53. The molecule has 0 aliphatic heterocycles. The molecule has 0 fully saturated rings. The Bertz CT molecular complexity index is 363. The van der Waals surface area contributed by atoms with Gasteiger partial charge in [-0.25, -0.2) is 0 Å². The van der Waals surface area contributed by atoms with Crippen molar-refractivity contribution in [2.75, 3.05) is 25.6 Å². The SMILES string of the molecule is C=C(C)CN(C)c1ccc(OC)cc1Br. The van der Waals surface area contributed by atoms with E-state index in [0.29, 0.717) is 0 Å². The monoisotopic (exact) mass is 269 g/mol. The third-order valence-corrected chi connectivity index (χ3v) is 2.71. The van der Waals surface area contributed by atoms with Crippen LogP contribution in [0.25, 0.3) is 0 Å². The van der Waals surface area contributed by atoms with Crippen LogP contribution in [0, 0.1) is 0 Å². The van der Waals surface area contributed by atoms with Gasteiger partial charge in [0.05, 0.1) is 12.8 Å². The molecule has 0 saturated heterocycles. The summed E-state index contributed by atoms with van der Waals surface area (Å²) in [6.45, 7) is 6.78. The van der Waals surface area contributed by atoms with Gasteiger partial charge in [-0.1, -0.05) is 12.2 Å². The van der Waals surface area contributed by atoms with E-state index in [1.165, 1.54) is 0 Å². The fourth-order valence-electron chi connectivity index (χ4n) is 1.41. The van der Waals surface area contributed by atoms with Gasteiger partial charge in [0.1, 0.15) is 5.75 Å². The van der Waals surface area contributed by atoms with E-state index in [0.717, 1.165) is 28.0 Å². The molecule has 0 bridgehead atoms. The van der Waals surface area contributed by atoms with Gasteiger partial charge >= 0.3 is 0 Å². The van der Waals surface area contributed by atoms with Crippen LogP contribution < -0.4 is 9.64 Å². The number of anilines is 1. The van der Waals surface area contributed by atoms with Gasteiger partial charge in [-0.15, -0.1) is 0 Å². The smallest absolute Gasteiger partial charge is 0.120 e. The fraction of sp³-hybridized carbons (Fsp3) is 0.333. The zero-order valence-corrected chi connectivity index (χ0v) is 11.0. The molecule has 82 valence electrons. The van der Waals surface area contributed by atoms with Crippen LogP contribution in [0.4, 0.5) is 5.69 Å². The highest BCUT2D eigenvalue weighted by atomic mass is 79.9. The maximum Gasteiger partial charge on any atom is 0.120 e. The van der Waals surface area contributed by atoms with E-state index in [9.17, 15) is 0 Å². The topological polar surface area (TPSA) is 12.5 Å². The summed E-state index contributed by atoms with van der Waals surface area (Å²) in [5, 5.41) is 0. The molecule has 0 unspecified atom stereocenters. The average molecular weight is 270 g/mol. The second-order valence-corrected chi connectivity index (χ2v) is 4.48. The van der Waals surface area contributed by atoms with Crippen LogP contribution in [0.2, 0.25) is 0 Å². The summed E-state index contributed by atoms with van der Waals surface area (Å²) in [6, 6.07) is 5.95. The largest absolute Gasteiger partial charge is 0.497 e. The molecule has 1 aromatic carbocycles. The van der Waals surface area contributed by atoms with E-state index in [-0.39, 0.29) is 0 Å². The Morgan fingerprint density at radius 2 is 2.20 bits per heavy atom. The summed E-state index contributed by atoms with van der Waals surface area (Å²) in [4.78, 5) is 2.14. The highest BCUT2D eigenvalue weighted by Gasteiger charge is 2.06. The molecule has 0 heterocycles. The van der Waals surface area contributed by atoms with Crippen molar-refractivity contribution in [3.63, 3.8) is 0 Å². The number of halogens is 1. The normalized spacial score (nSPS) is 9.87. The Hall–Kier alpha value is -0.960. The van der Waals surface area contributed by atoms with Crippen molar-refractivity contribution in [2.24, 2.45) is 0 Å². The van der Waals surface area contributed by atoms with Crippen molar-refractivity contribution in [3.8, 4) is 5.75 Å². The molecule has 15 heavy (non-hydrogen) atoms. The lowest BCUT2D eigenvalue weighted by Crippen LogP contribution is -2.19. The summed E-state index contributed by atoms with van der Waals surface area (Å²) in [7, 11) is 3.71. The average Bonchev–Trinajstić information content (AvgIpc) is 2.16. The van der Waals surface area contributed by atoms with E-state index in [1.807, 2.05) is 32.2 Å². The van der Waals surface area contributed by atoms with Crippen LogP contribution in [0.1, 0.15) is 6.92 Å². The van der Waals surface area contributed by atoms with Gasteiger partial charge in [-0.05, 0) is 41.1 Å². The van der Waals surface area contributed by atoms with E-state index in [4.69, 9.17) is 4.74 Å². The number of likely N-dealkylation sites (N-methyl/N-ethyl adjacent to an activating group) is 1. The van der Waals surface area contributed by atoms with Crippen molar-refractivity contribution in [1.29, 1.82) is 0 Å². The van der Waals surface area contributed by atoms with Crippen LogP contribution in [0.15, 0.2) is 34.8 Å². The Kier molecular flexibility index (Phi) is 4.21. The third-order valence-electron chi connectivity index (χ3n) is 2.07. The lowest BCUT2D eigenvalue weighted by molar-refractivity contribution is 0.414. The second kappa shape index (κ2) is 5.21. The maximum atomic E-state index is 5.14. The van der Waals surface area contributed by atoms with Gasteiger partial charge in [0.25, 0.3) is 0 Å². The Balaban J connectivity index is 2.90. The first kappa shape index (κ1) is 12.1. The highest BCUT2D eigenvalue weighted by Crippen LogP contribution is 2.29. The molecule has 0 spiro atoms. The minimum absolute atomic E-state index is 0.852. The van der Waals surface area contributed by atoms with Crippen molar-refractivity contribution in [3.05, 3.63) is 34.8 Å². The molecule has 2 nitrogen and oxygen atoms in total. The summed E-state index contributed by atoms with van der Waals surface area (Å²) in [6.07, 6.45) is 0. The summed E-state index contributed by atoms with van der Waals surface area (Å²) in [5.74, 6) is 0.856. The Morgan fingerprint density at radius 1 is 1.53 bits per heavy atom. The predicted octanol–water partition coefficient (Wildman–Crippen LogP) is 3.47. The van der Waals surface area contributed by atoms with Crippen molar-refractivity contribution >= 4 is 21.6 Å². The van der Waals surface area contributed by atoms with Gasteiger partial charge in [0.2, 0.25) is 0 Å². The zero-order chi connectivity index (χ0) is 11.4. The standard InChI is InChI=1S/C12H16BrNO/c1-9(2)8-14(3)12-6-5-10(15-4)7-11(12)13/h5-7H,1,8H2,2-4H3. The molecule has 3 heteroatoms. The van der Waals surface area contributed by atoms with Crippen molar-refractivity contribution in [2.45, 2.75) is 6.92 Å². The first-order chi connectivity index (χ1) is 7.04. The number of ether oxygens (including phenoxy) is 1. The van der Waals surface area contributed by atoms with Gasteiger partial charge < -0.3 is 9.64 Å². The maximum absolute atomic E-state index is 5.14. The molecule has 0 atom stereocenters. The number of nitrogens with zero attached hydrogens (tertiary/aromatic N) is 1. The van der Waals surface area contributed by atoms with E-state index < -0.39 is 0 Å². The van der Waals surface area contributed by atoms with Crippen molar-refractivity contribution < 1.29 is 4.74 Å². The van der Waals surface area contributed by atoms with Crippen molar-refractivity contribution in [1.82, 2.24) is 0 Å². The summed E-state index contributed by atoms with van der Waals surface area (Å²) < 4.78 is 6.18. The molecule has 1 aromatic rings. The number of hydrogen-bond acceptors (Lipinski definition) is 2. The lowest BCUT2D eigenvalue weighted by Gasteiger charge is -2.21. The Labute approximate surface area is 99.7 Å². The number of hydrogen-bond donors (Lipinski definition) is 0. The van der Waals surface area contributed by atoms with Gasteiger partial charge in [-0.2, -0.15) is 0 Å². The second-order valence-electron chi connectivity index (χ2n) is 3.63. The molecule has 0 amide bonds. The van der Waals surface area contributed by atoms with Crippen LogP contribution in [0.3, 0.4) is 0 Å². The molecule has 0 aromatic heterocycles. The zero-order valence-electron chi connectivity index (χ0n) is 9.38. The van der Waals surface area contributed by atoms with Crippen LogP contribution in [0.5, 0.6) is 5.75 Å². The number of rotatable bonds is 4. The molecular weight excluding hydrogens is 254 g/mol. The summed E-state index contributed by atoms with van der Waals surface area (Å²) >= 11 is 3.53. The molecule has 1 rings (SSSR count). The van der Waals surface area contributed by atoms with Gasteiger partial charge in [0.15, 0.2) is 0 Å². The van der Waals surface area contributed by atoms with Gasteiger partial charge in [-0.3, -0.25) is 0 Å². The fourth-order valence-corrected chi connectivity index (χ4v) is 2.07. The third kappa shape index (κ3) is 3.27. The summed E-state index contributed by atoms with van der Waals surface area (Å²) in [5.41, 5.74) is 2.28. The van der Waals surface area contributed by atoms with E-state index in [1.54, 1.807) is 7.11 Å². The molecule has 0 radical (unpaired) electrons. The molecular formula is C12H16BrNO. The number of methoxy groups -OCH3 is 1. The van der Waals surface area contributed by atoms with Crippen LogP contribution >= 0.6 is 15.9 Å². The van der Waals surface area contributed by atoms with E-state index >= 15 is 0 Å². The van der Waals surface area contributed by atoms with Crippen LogP contribution in [-0.2, 0) is 0 Å². The molecule has 0 aliphatic carbocycles. The highest BCUT2D eigenvalue weighted by molar-refractivity contribution is 9.10. The molecule has 0 N–H and O–H groups in total. The van der Waals surface area contributed by atoms with Crippen LogP contribution in [-0.4, -0.2) is 20.7 Å². The minimum atomic E-state index is 0.852. The predicted molar refractivity (Wildman–Crippen MR) is 68.8 cm³/mol. The Morgan fingerprint density at radius 3 is 2.67 bits per heavy atom. The molecule has 0 saturated carbocycles. The first-order valence-electron chi connectivity index (χ1n) is 4.73. The lowest BCUT2D eigenvalue weighted by atomic mass is 10.2. The quantitative estimate of drug-likeness (QED) is 0.777. The van der Waals surface area contributed by atoms with Gasteiger partial charge in [0, 0.05) is 18.1 Å². The van der Waals surface area contributed by atoms with E-state index in [2.05, 4.69) is 27.4 Å².